The van der Waals surface area contributed by atoms with Crippen molar-refractivity contribution in [1.29, 1.82) is 0 Å². The molecule has 0 amide bonds. The summed E-state index contributed by atoms with van der Waals surface area (Å²) in [5.74, 6) is 0. The first-order valence-electron chi connectivity index (χ1n) is 9.95. The predicted octanol–water partition coefficient (Wildman–Crippen LogP) is 3.58. The second-order valence-electron chi connectivity index (χ2n) is 7.23. The molecule has 0 spiro atoms. The van der Waals surface area contributed by atoms with Crippen LogP contribution in [-0.4, -0.2) is 50.3 Å². The number of hydrogen-bond donors (Lipinski definition) is 0. The topological polar surface area (TPSA) is 40.6 Å². The molecule has 1 heterocycles. The SMILES string of the molecule is CCCCc1ccc(S(=O)(=O)N2CCN(CCc3ccccc3)CC2)cc1. The fraction of sp³-hybridized carbons (Fsp3) is 0.455. The molecule has 3 rings (SSSR count). The van der Waals surface area contributed by atoms with E-state index in [-0.39, 0.29) is 0 Å². The van der Waals surface area contributed by atoms with E-state index in [1.54, 1.807) is 16.4 Å². The molecule has 0 unspecified atom stereocenters. The smallest absolute Gasteiger partial charge is 0.243 e. The average molecular weight is 387 g/mol. The summed E-state index contributed by atoms with van der Waals surface area (Å²) in [5, 5.41) is 0. The number of piperazine rings is 1. The van der Waals surface area contributed by atoms with E-state index in [4.69, 9.17) is 0 Å². The molecule has 0 atom stereocenters. The van der Waals surface area contributed by atoms with Crippen molar-refractivity contribution in [3.05, 3.63) is 65.7 Å². The van der Waals surface area contributed by atoms with Crippen molar-refractivity contribution < 1.29 is 8.42 Å². The van der Waals surface area contributed by atoms with E-state index in [1.807, 2.05) is 18.2 Å². The molecule has 146 valence electrons. The number of hydrogen-bond acceptors (Lipinski definition) is 3. The van der Waals surface area contributed by atoms with Crippen LogP contribution in [0.3, 0.4) is 0 Å². The van der Waals surface area contributed by atoms with Gasteiger partial charge in [0.15, 0.2) is 0 Å². The zero-order valence-electron chi connectivity index (χ0n) is 16.2. The van der Waals surface area contributed by atoms with Crippen molar-refractivity contribution in [2.24, 2.45) is 0 Å². The van der Waals surface area contributed by atoms with E-state index in [0.29, 0.717) is 18.0 Å². The van der Waals surface area contributed by atoms with Crippen molar-refractivity contribution in [2.75, 3.05) is 32.7 Å². The largest absolute Gasteiger partial charge is 0.300 e. The fourth-order valence-electron chi connectivity index (χ4n) is 3.48. The highest BCUT2D eigenvalue weighted by molar-refractivity contribution is 7.89. The number of nitrogens with zero attached hydrogens (tertiary/aromatic N) is 2. The van der Waals surface area contributed by atoms with E-state index < -0.39 is 10.0 Å². The summed E-state index contributed by atoms with van der Waals surface area (Å²) < 4.78 is 27.4. The van der Waals surface area contributed by atoms with E-state index in [0.717, 1.165) is 45.3 Å². The summed E-state index contributed by atoms with van der Waals surface area (Å²) in [6.45, 7) is 5.85. The first-order valence-corrected chi connectivity index (χ1v) is 11.4. The molecule has 0 saturated carbocycles. The van der Waals surface area contributed by atoms with Crippen LogP contribution in [0, 0.1) is 0 Å². The second-order valence-corrected chi connectivity index (χ2v) is 9.17. The molecule has 2 aromatic rings. The van der Waals surface area contributed by atoms with Gasteiger partial charge in [0.1, 0.15) is 0 Å². The number of sulfonamides is 1. The molecule has 0 bridgehead atoms. The van der Waals surface area contributed by atoms with Crippen LogP contribution in [0.25, 0.3) is 0 Å². The Morgan fingerprint density at radius 1 is 0.815 bits per heavy atom. The average Bonchev–Trinajstić information content (AvgIpc) is 2.72. The third-order valence-corrected chi connectivity index (χ3v) is 7.18. The quantitative estimate of drug-likeness (QED) is 0.696. The highest BCUT2D eigenvalue weighted by atomic mass is 32.2. The van der Waals surface area contributed by atoms with Gasteiger partial charge in [-0.3, -0.25) is 0 Å². The molecule has 27 heavy (non-hydrogen) atoms. The van der Waals surface area contributed by atoms with E-state index in [9.17, 15) is 8.42 Å². The highest BCUT2D eigenvalue weighted by Gasteiger charge is 2.28. The van der Waals surface area contributed by atoms with Gasteiger partial charge in [-0.15, -0.1) is 0 Å². The van der Waals surface area contributed by atoms with Crippen molar-refractivity contribution >= 4 is 10.0 Å². The molecule has 0 N–H and O–H groups in total. The molecular weight excluding hydrogens is 356 g/mol. The summed E-state index contributed by atoms with van der Waals surface area (Å²) >= 11 is 0. The minimum atomic E-state index is -3.38. The van der Waals surface area contributed by atoms with Gasteiger partial charge in [-0.25, -0.2) is 8.42 Å². The van der Waals surface area contributed by atoms with Gasteiger partial charge in [-0.05, 0) is 42.5 Å². The van der Waals surface area contributed by atoms with Crippen LogP contribution in [-0.2, 0) is 22.9 Å². The summed E-state index contributed by atoms with van der Waals surface area (Å²) in [7, 11) is -3.38. The lowest BCUT2D eigenvalue weighted by molar-refractivity contribution is 0.190. The molecule has 2 aromatic carbocycles. The van der Waals surface area contributed by atoms with Crippen molar-refractivity contribution in [2.45, 2.75) is 37.5 Å². The molecule has 0 aliphatic carbocycles. The van der Waals surface area contributed by atoms with Crippen molar-refractivity contribution in [1.82, 2.24) is 9.21 Å². The summed E-state index contributed by atoms with van der Waals surface area (Å²) in [6, 6.07) is 17.9. The Kier molecular flexibility index (Phi) is 7.05. The predicted molar refractivity (Wildman–Crippen MR) is 110 cm³/mol. The van der Waals surface area contributed by atoms with E-state index in [2.05, 4.69) is 36.1 Å². The third kappa shape index (κ3) is 5.41. The van der Waals surface area contributed by atoms with Gasteiger partial charge < -0.3 is 4.90 Å². The van der Waals surface area contributed by atoms with Crippen LogP contribution in [0.1, 0.15) is 30.9 Å². The lowest BCUT2D eigenvalue weighted by Gasteiger charge is -2.34. The number of rotatable bonds is 8. The van der Waals surface area contributed by atoms with E-state index in [1.165, 1.54) is 11.1 Å². The molecule has 0 radical (unpaired) electrons. The Hall–Kier alpha value is -1.69. The molecule has 4 nitrogen and oxygen atoms in total. The van der Waals surface area contributed by atoms with Crippen molar-refractivity contribution in [3.63, 3.8) is 0 Å². The van der Waals surface area contributed by atoms with Crippen LogP contribution in [0.15, 0.2) is 59.5 Å². The third-order valence-electron chi connectivity index (χ3n) is 5.27. The Morgan fingerprint density at radius 3 is 2.07 bits per heavy atom. The van der Waals surface area contributed by atoms with Crippen LogP contribution in [0.2, 0.25) is 0 Å². The Balaban J connectivity index is 1.53. The van der Waals surface area contributed by atoms with Gasteiger partial charge in [0.2, 0.25) is 10.0 Å². The lowest BCUT2D eigenvalue weighted by Crippen LogP contribution is -2.48. The maximum absolute atomic E-state index is 12.9. The highest BCUT2D eigenvalue weighted by Crippen LogP contribution is 2.19. The Morgan fingerprint density at radius 2 is 1.44 bits per heavy atom. The van der Waals surface area contributed by atoms with Gasteiger partial charge in [0, 0.05) is 32.7 Å². The van der Waals surface area contributed by atoms with Gasteiger partial charge in [-0.1, -0.05) is 55.8 Å². The fourth-order valence-corrected chi connectivity index (χ4v) is 4.91. The normalized spacial score (nSPS) is 16.5. The van der Waals surface area contributed by atoms with Crippen LogP contribution in [0.5, 0.6) is 0 Å². The minimum Gasteiger partial charge on any atom is -0.300 e. The Bertz CT molecular complexity index is 796. The number of benzene rings is 2. The second kappa shape index (κ2) is 9.49. The molecule has 0 aromatic heterocycles. The molecule has 1 aliphatic heterocycles. The lowest BCUT2D eigenvalue weighted by atomic mass is 10.1. The maximum Gasteiger partial charge on any atom is 0.243 e. The zero-order chi connectivity index (χ0) is 19.1. The summed E-state index contributed by atoms with van der Waals surface area (Å²) in [5.41, 5.74) is 2.54. The molecular formula is C22H30N2O2S. The number of aryl methyl sites for hydroxylation is 1. The van der Waals surface area contributed by atoms with Crippen molar-refractivity contribution in [3.8, 4) is 0 Å². The molecule has 1 aliphatic rings. The number of unbranched alkanes of at least 4 members (excludes halogenated alkanes) is 1. The first kappa shape index (κ1) is 20.1. The summed E-state index contributed by atoms with van der Waals surface area (Å²) in [6.07, 6.45) is 4.30. The van der Waals surface area contributed by atoms with Gasteiger partial charge >= 0.3 is 0 Å². The summed E-state index contributed by atoms with van der Waals surface area (Å²) in [4.78, 5) is 2.77. The van der Waals surface area contributed by atoms with Crippen LogP contribution >= 0.6 is 0 Å². The maximum atomic E-state index is 12.9. The Labute approximate surface area is 163 Å². The first-order chi connectivity index (χ1) is 13.1. The zero-order valence-corrected chi connectivity index (χ0v) is 17.0. The standard InChI is InChI=1S/C22H30N2O2S/c1-2-3-7-21-10-12-22(13-11-21)27(25,26)24-18-16-23(17-19-24)15-14-20-8-5-4-6-9-20/h4-6,8-13H,2-3,7,14-19H2,1H3. The molecule has 1 saturated heterocycles. The van der Waals surface area contributed by atoms with Gasteiger partial charge in [-0.2, -0.15) is 4.31 Å². The van der Waals surface area contributed by atoms with Crippen LogP contribution < -0.4 is 0 Å². The van der Waals surface area contributed by atoms with Gasteiger partial charge in [0.05, 0.1) is 4.90 Å². The molecule has 5 heteroatoms. The van der Waals surface area contributed by atoms with E-state index >= 15 is 0 Å². The van der Waals surface area contributed by atoms with Gasteiger partial charge in [0.25, 0.3) is 0 Å². The monoisotopic (exact) mass is 386 g/mol. The van der Waals surface area contributed by atoms with Crippen LogP contribution in [0.4, 0.5) is 0 Å². The minimum absolute atomic E-state index is 0.417. The molecule has 1 fully saturated rings.